The number of benzene rings is 1. The molecule has 2 aliphatic rings. The molecule has 1 aromatic carbocycles. The van der Waals surface area contributed by atoms with Crippen LogP contribution in [0, 0.1) is 11.8 Å². The highest BCUT2D eigenvalue weighted by atomic mass is 16.2. The first-order chi connectivity index (χ1) is 11.1. The van der Waals surface area contributed by atoms with Crippen LogP contribution < -0.4 is 5.43 Å². The van der Waals surface area contributed by atoms with Gasteiger partial charge < -0.3 is 0 Å². The number of amides is 1. The van der Waals surface area contributed by atoms with Gasteiger partial charge in [-0.2, -0.15) is 5.10 Å². The molecule has 1 N–H and O–H groups in total. The maximum absolute atomic E-state index is 12.2. The average molecular weight is 312 g/mol. The molecule has 3 nitrogen and oxygen atoms in total. The van der Waals surface area contributed by atoms with E-state index in [2.05, 4.69) is 48.6 Å². The SMILES string of the molecule is CC(C)c1cccc(CC2=NNC(=O)C3CCCCCCC23)c1. The van der Waals surface area contributed by atoms with E-state index in [4.69, 9.17) is 0 Å². The molecule has 0 aromatic heterocycles. The van der Waals surface area contributed by atoms with Crippen molar-refractivity contribution in [3.05, 3.63) is 35.4 Å². The second-order valence-electron chi connectivity index (χ2n) is 7.36. The fourth-order valence-corrected chi connectivity index (χ4v) is 3.93. The molecule has 0 saturated heterocycles. The molecule has 1 amide bonds. The predicted molar refractivity (Wildman–Crippen MR) is 94.5 cm³/mol. The first-order valence-electron chi connectivity index (χ1n) is 9.10. The average Bonchev–Trinajstić information content (AvgIpc) is 2.51. The van der Waals surface area contributed by atoms with Crippen molar-refractivity contribution in [2.75, 3.05) is 0 Å². The fraction of sp³-hybridized carbons (Fsp3) is 0.600. The van der Waals surface area contributed by atoms with Gasteiger partial charge in [0.15, 0.2) is 0 Å². The van der Waals surface area contributed by atoms with Crippen molar-refractivity contribution in [3.63, 3.8) is 0 Å². The monoisotopic (exact) mass is 312 g/mol. The summed E-state index contributed by atoms with van der Waals surface area (Å²) < 4.78 is 0. The Bertz CT molecular complexity index is 591. The first kappa shape index (κ1) is 16.2. The number of carbonyl (C=O) groups excluding carboxylic acids is 1. The number of hydrazone groups is 1. The molecular formula is C20H28N2O. The van der Waals surface area contributed by atoms with Crippen molar-refractivity contribution in [1.82, 2.24) is 5.43 Å². The molecule has 1 aromatic rings. The molecule has 3 rings (SSSR count). The lowest BCUT2D eigenvalue weighted by molar-refractivity contribution is -0.127. The largest absolute Gasteiger partial charge is 0.273 e. The van der Waals surface area contributed by atoms with Gasteiger partial charge in [-0.1, -0.05) is 63.8 Å². The third-order valence-corrected chi connectivity index (χ3v) is 5.34. The molecule has 3 heteroatoms. The van der Waals surface area contributed by atoms with E-state index in [1.807, 2.05) is 0 Å². The number of nitrogens with zero attached hydrogens (tertiary/aromatic N) is 1. The molecule has 0 radical (unpaired) electrons. The summed E-state index contributed by atoms with van der Waals surface area (Å²) in [6.45, 7) is 4.45. The molecule has 1 fully saturated rings. The molecule has 1 aliphatic carbocycles. The number of hydrogen-bond acceptors (Lipinski definition) is 2. The Morgan fingerprint density at radius 3 is 2.61 bits per heavy atom. The lowest BCUT2D eigenvalue weighted by Crippen LogP contribution is -2.43. The highest BCUT2D eigenvalue weighted by Gasteiger charge is 2.35. The van der Waals surface area contributed by atoms with E-state index in [1.54, 1.807) is 0 Å². The molecule has 23 heavy (non-hydrogen) atoms. The standard InChI is InChI=1S/C20H28N2O/c1-14(2)16-9-7-8-15(12-16)13-19-17-10-5-3-4-6-11-18(17)20(23)22-21-19/h7-9,12,14,17-18H,3-6,10-11,13H2,1-2H3,(H,22,23). The second kappa shape index (κ2) is 7.29. The van der Waals surface area contributed by atoms with Crippen LogP contribution in [0.5, 0.6) is 0 Å². The van der Waals surface area contributed by atoms with Gasteiger partial charge in [-0.15, -0.1) is 0 Å². The van der Waals surface area contributed by atoms with Crippen molar-refractivity contribution in [1.29, 1.82) is 0 Å². The van der Waals surface area contributed by atoms with E-state index >= 15 is 0 Å². The van der Waals surface area contributed by atoms with E-state index in [-0.39, 0.29) is 11.8 Å². The molecule has 124 valence electrons. The normalized spacial score (nSPS) is 25.2. The fourth-order valence-electron chi connectivity index (χ4n) is 3.93. The Hall–Kier alpha value is -1.64. The smallest absolute Gasteiger partial charge is 0.243 e. The van der Waals surface area contributed by atoms with Gasteiger partial charge in [-0.05, 0) is 29.9 Å². The lowest BCUT2D eigenvalue weighted by Gasteiger charge is -2.32. The van der Waals surface area contributed by atoms with Crippen LogP contribution in [0.1, 0.15) is 69.4 Å². The van der Waals surface area contributed by atoms with Crippen LogP contribution in [0.4, 0.5) is 0 Å². The van der Waals surface area contributed by atoms with Gasteiger partial charge in [0.25, 0.3) is 0 Å². The van der Waals surface area contributed by atoms with Crippen molar-refractivity contribution in [3.8, 4) is 0 Å². The zero-order chi connectivity index (χ0) is 16.2. The summed E-state index contributed by atoms with van der Waals surface area (Å²) in [6.07, 6.45) is 7.94. The van der Waals surface area contributed by atoms with Crippen LogP contribution in [-0.4, -0.2) is 11.6 Å². The van der Waals surface area contributed by atoms with Gasteiger partial charge in [0.1, 0.15) is 0 Å². The van der Waals surface area contributed by atoms with Crippen molar-refractivity contribution >= 4 is 11.6 Å². The van der Waals surface area contributed by atoms with E-state index in [1.165, 1.54) is 42.5 Å². The van der Waals surface area contributed by atoms with Gasteiger partial charge in [-0.3, -0.25) is 4.79 Å². The van der Waals surface area contributed by atoms with Crippen LogP contribution in [-0.2, 0) is 11.2 Å². The Morgan fingerprint density at radius 2 is 1.87 bits per heavy atom. The number of rotatable bonds is 3. The summed E-state index contributed by atoms with van der Waals surface area (Å²) >= 11 is 0. The number of carbonyl (C=O) groups is 1. The van der Waals surface area contributed by atoms with Crippen molar-refractivity contribution < 1.29 is 4.79 Å². The Morgan fingerprint density at radius 1 is 1.13 bits per heavy atom. The van der Waals surface area contributed by atoms with E-state index in [0.29, 0.717) is 11.8 Å². The first-order valence-corrected chi connectivity index (χ1v) is 9.10. The van der Waals surface area contributed by atoms with Crippen molar-refractivity contribution in [2.24, 2.45) is 16.9 Å². The lowest BCUT2D eigenvalue weighted by atomic mass is 9.76. The molecule has 0 bridgehead atoms. The molecular weight excluding hydrogens is 284 g/mol. The Labute approximate surface area is 139 Å². The number of hydrogen-bond donors (Lipinski definition) is 1. The number of nitrogens with one attached hydrogen (secondary N) is 1. The van der Waals surface area contributed by atoms with Gasteiger partial charge in [-0.25, -0.2) is 5.43 Å². The summed E-state index contributed by atoms with van der Waals surface area (Å²) in [6, 6.07) is 8.81. The summed E-state index contributed by atoms with van der Waals surface area (Å²) in [7, 11) is 0. The Balaban J connectivity index is 1.80. The van der Waals surface area contributed by atoms with Gasteiger partial charge >= 0.3 is 0 Å². The molecule has 1 aliphatic heterocycles. The number of fused-ring (bicyclic) bond motifs is 1. The van der Waals surface area contributed by atoms with Gasteiger partial charge in [0, 0.05) is 24.0 Å². The summed E-state index contributed by atoms with van der Waals surface area (Å²) in [4.78, 5) is 12.2. The van der Waals surface area contributed by atoms with Crippen LogP contribution in [0.2, 0.25) is 0 Å². The van der Waals surface area contributed by atoms with Gasteiger partial charge in [0.2, 0.25) is 5.91 Å². The van der Waals surface area contributed by atoms with Crippen LogP contribution in [0.25, 0.3) is 0 Å². The summed E-state index contributed by atoms with van der Waals surface area (Å²) in [5.41, 5.74) is 6.65. The summed E-state index contributed by atoms with van der Waals surface area (Å²) in [5.74, 6) is 1.15. The zero-order valence-electron chi connectivity index (χ0n) is 14.3. The minimum absolute atomic E-state index is 0.135. The van der Waals surface area contributed by atoms with E-state index < -0.39 is 0 Å². The molecule has 2 atom stereocenters. The second-order valence-corrected chi connectivity index (χ2v) is 7.36. The predicted octanol–water partition coefficient (Wildman–Crippen LogP) is 4.42. The Kier molecular flexibility index (Phi) is 5.14. The van der Waals surface area contributed by atoms with Gasteiger partial charge in [0.05, 0.1) is 0 Å². The maximum Gasteiger partial charge on any atom is 0.243 e. The van der Waals surface area contributed by atoms with Crippen LogP contribution >= 0.6 is 0 Å². The quantitative estimate of drug-likeness (QED) is 0.881. The van der Waals surface area contributed by atoms with E-state index in [0.717, 1.165) is 19.3 Å². The van der Waals surface area contributed by atoms with Crippen molar-refractivity contribution in [2.45, 2.75) is 64.7 Å². The minimum Gasteiger partial charge on any atom is -0.273 e. The highest BCUT2D eigenvalue weighted by molar-refractivity contribution is 5.97. The minimum atomic E-state index is 0.135. The topological polar surface area (TPSA) is 41.5 Å². The van der Waals surface area contributed by atoms with Crippen LogP contribution in [0.15, 0.2) is 29.4 Å². The molecule has 2 unspecified atom stereocenters. The zero-order valence-corrected chi connectivity index (χ0v) is 14.3. The molecule has 1 heterocycles. The maximum atomic E-state index is 12.2. The third-order valence-electron chi connectivity index (χ3n) is 5.34. The molecule has 0 spiro atoms. The summed E-state index contributed by atoms with van der Waals surface area (Å²) in [5, 5.41) is 4.45. The van der Waals surface area contributed by atoms with E-state index in [9.17, 15) is 4.79 Å². The third kappa shape index (κ3) is 3.82. The molecule has 1 saturated carbocycles. The highest BCUT2D eigenvalue weighted by Crippen LogP contribution is 2.32. The van der Waals surface area contributed by atoms with Crippen LogP contribution in [0.3, 0.4) is 0 Å².